The molecule has 5 heteroatoms. The molecule has 0 radical (unpaired) electrons. The predicted octanol–water partition coefficient (Wildman–Crippen LogP) is 4.48. The number of hydrogen-bond acceptors (Lipinski definition) is 4. The maximum absolute atomic E-state index is 5.85. The van der Waals surface area contributed by atoms with Crippen molar-refractivity contribution in [1.82, 2.24) is 14.8 Å². The van der Waals surface area contributed by atoms with Crippen LogP contribution in [0.2, 0.25) is 0 Å². The third kappa shape index (κ3) is 4.24. The van der Waals surface area contributed by atoms with E-state index in [1.807, 2.05) is 36.4 Å². The summed E-state index contributed by atoms with van der Waals surface area (Å²) in [5, 5.41) is 10.0. The maximum atomic E-state index is 5.85. The van der Waals surface area contributed by atoms with Crippen LogP contribution >= 0.6 is 11.8 Å². The second-order valence-corrected chi connectivity index (χ2v) is 7.26. The Labute approximate surface area is 146 Å². The Morgan fingerprint density at radius 3 is 2.25 bits per heavy atom. The first kappa shape index (κ1) is 16.7. The molecular weight excluding hydrogens is 318 g/mol. The monoisotopic (exact) mass is 339 g/mol. The van der Waals surface area contributed by atoms with Crippen LogP contribution in [-0.2, 0) is 18.0 Å². The largest absolute Gasteiger partial charge is 0.369 e. The Morgan fingerprint density at radius 1 is 0.917 bits per heavy atom. The molecule has 0 fully saturated rings. The second-order valence-electron chi connectivity index (χ2n) is 5.71. The fourth-order valence-corrected chi connectivity index (χ4v) is 3.18. The fourth-order valence-electron chi connectivity index (χ4n) is 2.35. The van der Waals surface area contributed by atoms with E-state index in [4.69, 9.17) is 4.74 Å². The number of thioether (sulfide) groups is 1. The molecule has 0 atom stereocenters. The van der Waals surface area contributed by atoms with Crippen molar-refractivity contribution >= 4 is 11.8 Å². The Morgan fingerprint density at radius 2 is 1.58 bits per heavy atom. The van der Waals surface area contributed by atoms with Crippen molar-refractivity contribution in [3.8, 4) is 5.69 Å². The van der Waals surface area contributed by atoms with Crippen LogP contribution in [0.4, 0.5) is 0 Å². The van der Waals surface area contributed by atoms with Crippen LogP contribution in [0.15, 0.2) is 65.8 Å². The summed E-state index contributed by atoms with van der Waals surface area (Å²) in [6, 6.07) is 20.3. The molecule has 3 rings (SSSR count). The van der Waals surface area contributed by atoms with E-state index in [2.05, 4.69) is 52.9 Å². The molecular formula is C19H21N3OS. The first-order valence-corrected chi connectivity index (χ1v) is 8.90. The van der Waals surface area contributed by atoms with Gasteiger partial charge in [0.2, 0.25) is 0 Å². The van der Waals surface area contributed by atoms with Crippen molar-refractivity contribution in [2.45, 2.75) is 37.5 Å². The number of para-hydroxylation sites is 1. The van der Waals surface area contributed by atoms with E-state index >= 15 is 0 Å². The van der Waals surface area contributed by atoms with Gasteiger partial charge in [-0.2, -0.15) is 0 Å². The molecule has 1 aromatic heterocycles. The van der Waals surface area contributed by atoms with Crippen molar-refractivity contribution in [2.75, 3.05) is 0 Å². The number of hydrogen-bond donors (Lipinski definition) is 0. The summed E-state index contributed by atoms with van der Waals surface area (Å²) in [5.74, 6) is 0.820. The van der Waals surface area contributed by atoms with Crippen molar-refractivity contribution in [2.24, 2.45) is 0 Å². The summed E-state index contributed by atoms with van der Waals surface area (Å²) >= 11 is 1.70. The van der Waals surface area contributed by atoms with E-state index in [1.54, 1.807) is 11.8 Å². The van der Waals surface area contributed by atoms with Gasteiger partial charge < -0.3 is 4.74 Å². The van der Waals surface area contributed by atoms with Crippen molar-refractivity contribution < 1.29 is 4.74 Å². The lowest BCUT2D eigenvalue weighted by atomic mass is 10.2. The summed E-state index contributed by atoms with van der Waals surface area (Å²) in [5.41, 5.74) is 2.21. The van der Waals surface area contributed by atoms with Gasteiger partial charge in [-0.1, -0.05) is 74.1 Å². The third-order valence-corrected chi connectivity index (χ3v) is 4.35. The van der Waals surface area contributed by atoms with E-state index in [0.29, 0.717) is 18.5 Å². The van der Waals surface area contributed by atoms with Gasteiger partial charge in [-0.15, -0.1) is 10.2 Å². The molecule has 0 aliphatic rings. The zero-order chi connectivity index (χ0) is 16.8. The van der Waals surface area contributed by atoms with Crippen molar-refractivity contribution in [3.63, 3.8) is 0 Å². The molecule has 0 N–H and O–H groups in total. The summed E-state index contributed by atoms with van der Waals surface area (Å²) in [7, 11) is 0. The molecule has 0 unspecified atom stereocenters. The zero-order valence-electron chi connectivity index (χ0n) is 13.9. The molecule has 0 aliphatic carbocycles. The predicted molar refractivity (Wildman–Crippen MR) is 97.3 cm³/mol. The Bertz CT molecular complexity index is 757. The molecule has 0 spiro atoms. The maximum Gasteiger partial charge on any atom is 0.196 e. The average Bonchev–Trinajstić information content (AvgIpc) is 2.98. The van der Waals surface area contributed by atoms with Gasteiger partial charge in [0.05, 0.1) is 6.61 Å². The van der Waals surface area contributed by atoms with E-state index in [9.17, 15) is 0 Å². The molecule has 0 amide bonds. The average molecular weight is 339 g/mol. The first-order chi connectivity index (χ1) is 11.7. The topological polar surface area (TPSA) is 39.9 Å². The van der Waals surface area contributed by atoms with Gasteiger partial charge in [-0.3, -0.25) is 4.57 Å². The van der Waals surface area contributed by atoms with Gasteiger partial charge >= 0.3 is 0 Å². The molecule has 0 aliphatic heterocycles. The highest BCUT2D eigenvalue weighted by Gasteiger charge is 2.15. The van der Waals surface area contributed by atoms with Crippen LogP contribution in [0, 0.1) is 0 Å². The molecule has 0 saturated heterocycles. The lowest BCUT2D eigenvalue weighted by molar-refractivity contribution is 0.100. The van der Waals surface area contributed by atoms with Gasteiger partial charge in [0, 0.05) is 10.9 Å². The second kappa shape index (κ2) is 8.13. The highest BCUT2D eigenvalue weighted by Crippen LogP contribution is 2.25. The summed E-state index contributed by atoms with van der Waals surface area (Å²) in [6.45, 7) is 5.30. The lowest BCUT2D eigenvalue weighted by Gasteiger charge is -2.11. The fraction of sp³-hybridized carbons (Fsp3) is 0.263. The minimum atomic E-state index is 0.426. The Hall–Kier alpha value is -2.11. The first-order valence-electron chi connectivity index (χ1n) is 8.02. The highest BCUT2D eigenvalue weighted by atomic mass is 32.2. The van der Waals surface area contributed by atoms with Crippen LogP contribution in [0.3, 0.4) is 0 Å². The highest BCUT2D eigenvalue weighted by molar-refractivity contribution is 7.99. The van der Waals surface area contributed by atoms with Gasteiger partial charge in [0.15, 0.2) is 11.0 Å². The Balaban J connectivity index is 1.78. The van der Waals surface area contributed by atoms with Crippen LogP contribution in [0.25, 0.3) is 5.69 Å². The quantitative estimate of drug-likeness (QED) is 0.595. The third-order valence-electron chi connectivity index (χ3n) is 3.40. The zero-order valence-corrected chi connectivity index (χ0v) is 14.7. The number of benzene rings is 2. The van der Waals surface area contributed by atoms with Gasteiger partial charge in [0.25, 0.3) is 0 Å². The number of ether oxygens (including phenoxy) is 1. The van der Waals surface area contributed by atoms with E-state index in [-0.39, 0.29) is 0 Å². The normalized spacial score (nSPS) is 11.1. The molecule has 1 heterocycles. The van der Waals surface area contributed by atoms with Crippen molar-refractivity contribution in [3.05, 3.63) is 72.1 Å². The van der Waals surface area contributed by atoms with Crippen LogP contribution in [0.5, 0.6) is 0 Å². The van der Waals surface area contributed by atoms with E-state index in [0.717, 1.165) is 22.2 Å². The summed E-state index contributed by atoms with van der Waals surface area (Å²) in [6.07, 6.45) is 0. The minimum Gasteiger partial charge on any atom is -0.369 e. The SMILES string of the molecule is CC(C)Sc1nnc(COCc2ccccc2)n1-c1ccccc1. The van der Waals surface area contributed by atoms with Crippen LogP contribution < -0.4 is 0 Å². The molecule has 2 aromatic carbocycles. The molecule has 124 valence electrons. The molecule has 0 bridgehead atoms. The van der Waals surface area contributed by atoms with Gasteiger partial charge in [-0.05, 0) is 17.7 Å². The minimum absolute atomic E-state index is 0.426. The standard InChI is InChI=1S/C19H21N3OS/c1-15(2)24-19-21-20-18(22(19)17-11-7-4-8-12-17)14-23-13-16-9-5-3-6-10-16/h3-12,15H,13-14H2,1-2H3. The van der Waals surface area contributed by atoms with Crippen LogP contribution in [0.1, 0.15) is 25.2 Å². The van der Waals surface area contributed by atoms with E-state index < -0.39 is 0 Å². The molecule has 24 heavy (non-hydrogen) atoms. The smallest absolute Gasteiger partial charge is 0.196 e. The van der Waals surface area contributed by atoms with E-state index in [1.165, 1.54) is 0 Å². The summed E-state index contributed by atoms with van der Waals surface area (Å²) in [4.78, 5) is 0. The summed E-state index contributed by atoms with van der Waals surface area (Å²) < 4.78 is 7.93. The Kier molecular flexibility index (Phi) is 5.67. The number of aromatic nitrogens is 3. The van der Waals surface area contributed by atoms with Gasteiger partial charge in [0.1, 0.15) is 6.61 Å². The number of rotatable bonds is 7. The van der Waals surface area contributed by atoms with Crippen LogP contribution in [-0.4, -0.2) is 20.0 Å². The van der Waals surface area contributed by atoms with Gasteiger partial charge in [-0.25, -0.2) is 0 Å². The molecule has 3 aromatic rings. The molecule has 0 saturated carbocycles. The number of nitrogens with zero attached hydrogens (tertiary/aromatic N) is 3. The van der Waals surface area contributed by atoms with Crippen molar-refractivity contribution in [1.29, 1.82) is 0 Å². The lowest BCUT2D eigenvalue weighted by Crippen LogP contribution is -2.06. The molecule has 4 nitrogen and oxygen atoms in total.